The fraction of sp³-hybridized carbons (Fsp3) is 0.214. The SMILES string of the molecule is COc1cc(N)ccc1OCCc1ccncc1. The van der Waals surface area contributed by atoms with E-state index in [-0.39, 0.29) is 0 Å². The Morgan fingerprint density at radius 2 is 1.89 bits per heavy atom. The first-order chi connectivity index (χ1) is 8.79. The molecule has 0 bridgehead atoms. The van der Waals surface area contributed by atoms with Gasteiger partial charge >= 0.3 is 0 Å². The van der Waals surface area contributed by atoms with Crippen LogP contribution in [0.3, 0.4) is 0 Å². The third kappa shape index (κ3) is 3.13. The van der Waals surface area contributed by atoms with Crippen LogP contribution in [-0.2, 0) is 6.42 Å². The normalized spacial score (nSPS) is 10.1. The third-order valence-electron chi connectivity index (χ3n) is 2.59. The highest BCUT2D eigenvalue weighted by atomic mass is 16.5. The standard InChI is InChI=1S/C14H16N2O2/c1-17-14-10-12(15)2-3-13(14)18-9-6-11-4-7-16-8-5-11/h2-5,7-8,10H,6,9,15H2,1H3. The highest BCUT2D eigenvalue weighted by molar-refractivity contribution is 5.51. The lowest BCUT2D eigenvalue weighted by molar-refractivity contribution is 0.298. The van der Waals surface area contributed by atoms with Crippen molar-refractivity contribution in [2.24, 2.45) is 0 Å². The van der Waals surface area contributed by atoms with Crippen molar-refractivity contribution in [1.82, 2.24) is 4.98 Å². The lowest BCUT2D eigenvalue weighted by atomic mass is 10.2. The zero-order chi connectivity index (χ0) is 12.8. The van der Waals surface area contributed by atoms with Gasteiger partial charge in [0.15, 0.2) is 11.5 Å². The average molecular weight is 244 g/mol. The van der Waals surface area contributed by atoms with Gasteiger partial charge in [-0.25, -0.2) is 0 Å². The number of hydrogen-bond donors (Lipinski definition) is 1. The van der Waals surface area contributed by atoms with Crippen molar-refractivity contribution in [2.45, 2.75) is 6.42 Å². The van der Waals surface area contributed by atoms with Gasteiger partial charge in [0.2, 0.25) is 0 Å². The number of hydrogen-bond acceptors (Lipinski definition) is 4. The summed E-state index contributed by atoms with van der Waals surface area (Å²) in [5.74, 6) is 1.37. The molecule has 0 amide bonds. The topological polar surface area (TPSA) is 57.4 Å². The number of nitrogens with two attached hydrogens (primary N) is 1. The molecule has 2 rings (SSSR count). The minimum atomic E-state index is 0.588. The molecule has 0 aliphatic carbocycles. The van der Waals surface area contributed by atoms with Crippen LogP contribution in [0.25, 0.3) is 0 Å². The second kappa shape index (κ2) is 5.91. The number of rotatable bonds is 5. The Kier molecular flexibility index (Phi) is 4.02. The molecule has 0 saturated heterocycles. The zero-order valence-electron chi connectivity index (χ0n) is 10.3. The Bertz CT molecular complexity index is 500. The van der Waals surface area contributed by atoms with Gasteiger partial charge in [0.25, 0.3) is 0 Å². The molecule has 4 heteroatoms. The zero-order valence-corrected chi connectivity index (χ0v) is 10.3. The van der Waals surface area contributed by atoms with E-state index < -0.39 is 0 Å². The van der Waals surface area contributed by atoms with Crippen molar-refractivity contribution in [1.29, 1.82) is 0 Å². The van der Waals surface area contributed by atoms with Crippen molar-refractivity contribution in [3.05, 3.63) is 48.3 Å². The Morgan fingerprint density at radius 3 is 2.61 bits per heavy atom. The van der Waals surface area contributed by atoms with Gasteiger partial charge in [0.1, 0.15) is 0 Å². The molecule has 0 unspecified atom stereocenters. The van der Waals surface area contributed by atoms with Crippen LogP contribution in [0.1, 0.15) is 5.56 Å². The molecule has 4 nitrogen and oxygen atoms in total. The second-order valence-electron chi connectivity index (χ2n) is 3.86. The molecule has 94 valence electrons. The summed E-state index contributed by atoms with van der Waals surface area (Å²) < 4.78 is 10.9. The van der Waals surface area contributed by atoms with Crippen molar-refractivity contribution in [3.63, 3.8) is 0 Å². The van der Waals surface area contributed by atoms with Crippen LogP contribution in [-0.4, -0.2) is 18.7 Å². The molecule has 0 aliphatic rings. The number of pyridine rings is 1. The molecular formula is C14H16N2O2. The predicted octanol–water partition coefficient (Wildman–Crippen LogP) is 2.29. The molecule has 0 radical (unpaired) electrons. The van der Waals surface area contributed by atoms with Crippen LogP contribution in [0.5, 0.6) is 11.5 Å². The Hall–Kier alpha value is -2.23. The molecule has 1 aromatic carbocycles. The smallest absolute Gasteiger partial charge is 0.162 e. The first-order valence-corrected chi connectivity index (χ1v) is 5.75. The van der Waals surface area contributed by atoms with Gasteiger partial charge in [-0.3, -0.25) is 4.98 Å². The highest BCUT2D eigenvalue weighted by Crippen LogP contribution is 2.28. The van der Waals surface area contributed by atoms with Crippen LogP contribution < -0.4 is 15.2 Å². The van der Waals surface area contributed by atoms with Gasteiger partial charge in [-0.05, 0) is 29.8 Å². The Labute approximate surface area is 106 Å². The number of aromatic nitrogens is 1. The van der Waals surface area contributed by atoms with Crippen molar-refractivity contribution in [2.75, 3.05) is 19.5 Å². The monoisotopic (exact) mass is 244 g/mol. The van der Waals surface area contributed by atoms with Gasteiger partial charge in [0, 0.05) is 30.6 Å². The minimum Gasteiger partial charge on any atom is -0.493 e. The molecule has 0 aliphatic heterocycles. The summed E-state index contributed by atoms with van der Waals surface area (Å²) in [5.41, 5.74) is 7.53. The molecule has 1 aromatic heterocycles. The largest absolute Gasteiger partial charge is 0.493 e. The molecule has 0 saturated carbocycles. The first-order valence-electron chi connectivity index (χ1n) is 5.75. The highest BCUT2D eigenvalue weighted by Gasteiger charge is 2.04. The maximum absolute atomic E-state index is 5.69. The lowest BCUT2D eigenvalue weighted by Crippen LogP contribution is -2.03. The summed E-state index contributed by atoms with van der Waals surface area (Å²) in [6.07, 6.45) is 4.38. The molecule has 1 heterocycles. The summed E-state index contributed by atoms with van der Waals surface area (Å²) in [6, 6.07) is 9.32. The maximum Gasteiger partial charge on any atom is 0.162 e. The van der Waals surface area contributed by atoms with E-state index in [4.69, 9.17) is 15.2 Å². The summed E-state index contributed by atoms with van der Waals surface area (Å²) in [4.78, 5) is 3.97. The van der Waals surface area contributed by atoms with Gasteiger partial charge in [-0.15, -0.1) is 0 Å². The summed E-state index contributed by atoms with van der Waals surface area (Å²) in [6.45, 7) is 0.588. The van der Waals surface area contributed by atoms with Gasteiger partial charge in [-0.1, -0.05) is 0 Å². The maximum atomic E-state index is 5.69. The fourth-order valence-corrected chi connectivity index (χ4v) is 1.63. The van der Waals surface area contributed by atoms with E-state index in [2.05, 4.69) is 4.98 Å². The van der Waals surface area contributed by atoms with Crippen molar-refractivity contribution >= 4 is 5.69 Å². The molecule has 2 aromatic rings. The van der Waals surface area contributed by atoms with E-state index in [0.717, 1.165) is 6.42 Å². The Balaban J connectivity index is 1.94. The summed E-state index contributed by atoms with van der Waals surface area (Å²) in [7, 11) is 1.60. The van der Waals surface area contributed by atoms with Gasteiger partial charge in [-0.2, -0.15) is 0 Å². The molecule has 0 atom stereocenters. The van der Waals surface area contributed by atoms with Crippen LogP contribution in [0.4, 0.5) is 5.69 Å². The van der Waals surface area contributed by atoms with Crippen LogP contribution >= 0.6 is 0 Å². The minimum absolute atomic E-state index is 0.588. The van der Waals surface area contributed by atoms with E-state index in [1.165, 1.54) is 5.56 Å². The molecule has 18 heavy (non-hydrogen) atoms. The number of ether oxygens (including phenoxy) is 2. The quantitative estimate of drug-likeness (QED) is 0.820. The number of anilines is 1. The molecule has 0 spiro atoms. The summed E-state index contributed by atoms with van der Waals surface area (Å²) in [5, 5.41) is 0. The fourth-order valence-electron chi connectivity index (χ4n) is 1.63. The van der Waals surface area contributed by atoms with E-state index in [0.29, 0.717) is 23.8 Å². The van der Waals surface area contributed by atoms with Gasteiger partial charge in [0.05, 0.1) is 13.7 Å². The van der Waals surface area contributed by atoms with Gasteiger partial charge < -0.3 is 15.2 Å². The Morgan fingerprint density at radius 1 is 1.11 bits per heavy atom. The average Bonchev–Trinajstić information content (AvgIpc) is 2.41. The van der Waals surface area contributed by atoms with Crippen LogP contribution in [0, 0.1) is 0 Å². The number of nitrogens with zero attached hydrogens (tertiary/aromatic N) is 1. The molecular weight excluding hydrogens is 228 g/mol. The molecule has 2 N–H and O–H groups in total. The number of methoxy groups -OCH3 is 1. The van der Waals surface area contributed by atoms with Crippen LogP contribution in [0.2, 0.25) is 0 Å². The molecule has 0 fully saturated rings. The van der Waals surface area contributed by atoms with E-state index in [9.17, 15) is 0 Å². The summed E-state index contributed by atoms with van der Waals surface area (Å²) >= 11 is 0. The number of benzene rings is 1. The first kappa shape index (κ1) is 12.2. The third-order valence-corrected chi connectivity index (χ3v) is 2.59. The van der Waals surface area contributed by atoms with E-state index in [1.807, 2.05) is 18.2 Å². The lowest BCUT2D eigenvalue weighted by Gasteiger charge is -2.11. The second-order valence-corrected chi connectivity index (χ2v) is 3.86. The van der Waals surface area contributed by atoms with Crippen molar-refractivity contribution < 1.29 is 9.47 Å². The predicted molar refractivity (Wildman–Crippen MR) is 70.8 cm³/mol. The van der Waals surface area contributed by atoms with E-state index in [1.54, 1.807) is 31.6 Å². The van der Waals surface area contributed by atoms with Crippen LogP contribution in [0.15, 0.2) is 42.7 Å². The van der Waals surface area contributed by atoms with Crippen molar-refractivity contribution in [3.8, 4) is 11.5 Å². The number of nitrogen functional groups attached to an aromatic ring is 1. The van der Waals surface area contributed by atoms with E-state index >= 15 is 0 Å².